The van der Waals surface area contributed by atoms with Gasteiger partial charge in [0.1, 0.15) is 5.82 Å². The van der Waals surface area contributed by atoms with E-state index in [1.165, 1.54) is 12.1 Å². The van der Waals surface area contributed by atoms with Gasteiger partial charge in [0.2, 0.25) is 5.91 Å². The molecule has 2 N–H and O–H groups in total. The van der Waals surface area contributed by atoms with Crippen LogP contribution in [0.3, 0.4) is 0 Å². The van der Waals surface area contributed by atoms with Crippen LogP contribution < -0.4 is 5.32 Å². The number of halogens is 2. The largest absolute Gasteiger partial charge is 0.390 e. The Morgan fingerprint density at radius 1 is 1.45 bits per heavy atom. The number of aliphatic hydroxyl groups is 1. The summed E-state index contributed by atoms with van der Waals surface area (Å²) in [6.45, 7) is 3.47. The minimum absolute atomic E-state index is 0.127. The van der Waals surface area contributed by atoms with Crippen molar-refractivity contribution in [1.29, 1.82) is 0 Å². The number of rotatable bonds is 6. The number of ether oxygens (including phenoxy) is 1. The fraction of sp³-hybridized carbons (Fsp3) is 0.533. The molecule has 7 heteroatoms. The van der Waals surface area contributed by atoms with Gasteiger partial charge in [-0.2, -0.15) is 0 Å². The Balaban J connectivity index is 1.75. The van der Waals surface area contributed by atoms with E-state index in [0.717, 1.165) is 13.1 Å². The number of amides is 1. The molecule has 5 nitrogen and oxygen atoms in total. The zero-order chi connectivity index (χ0) is 15.9. The highest BCUT2D eigenvalue weighted by molar-refractivity contribution is 6.31. The molecule has 1 aliphatic rings. The first-order valence-electron chi connectivity index (χ1n) is 7.24. The van der Waals surface area contributed by atoms with Gasteiger partial charge in [0.25, 0.3) is 0 Å². The zero-order valence-electron chi connectivity index (χ0n) is 12.2. The average molecular weight is 331 g/mol. The van der Waals surface area contributed by atoms with Crippen molar-refractivity contribution in [1.82, 2.24) is 10.2 Å². The van der Waals surface area contributed by atoms with Crippen molar-refractivity contribution >= 4 is 17.5 Å². The molecule has 0 bridgehead atoms. The number of morpholine rings is 1. The number of hydrogen-bond donors (Lipinski definition) is 2. The van der Waals surface area contributed by atoms with Crippen molar-refractivity contribution in [3.8, 4) is 0 Å². The Hall–Kier alpha value is -1.21. The molecule has 1 unspecified atom stereocenters. The Morgan fingerprint density at radius 2 is 2.18 bits per heavy atom. The van der Waals surface area contributed by atoms with Gasteiger partial charge in [-0.1, -0.05) is 17.7 Å². The van der Waals surface area contributed by atoms with Crippen LogP contribution in [0.25, 0.3) is 0 Å². The van der Waals surface area contributed by atoms with Gasteiger partial charge in [-0.3, -0.25) is 9.69 Å². The molecule has 122 valence electrons. The number of carbonyl (C=O) groups is 1. The van der Waals surface area contributed by atoms with E-state index >= 15 is 0 Å². The van der Waals surface area contributed by atoms with Gasteiger partial charge in [0, 0.05) is 36.8 Å². The van der Waals surface area contributed by atoms with E-state index in [1.807, 2.05) is 0 Å². The lowest BCUT2D eigenvalue weighted by Crippen LogP contribution is -2.44. The monoisotopic (exact) mass is 330 g/mol. The number of hydrogen-bond acceptors (Lipinski definition) is 4. The van der Waals surface area contributed by atoms with Gasteiger partial charge in [-0.25, -0.2) is 4.39 Å². The van der Waals surface area contributed by atoms with Crippen LogP contribution in [0.2, 0.25) is 5.02 Å². The molecule has 0 radical (unpaired) electrons. The standard InChI is InChI=1S/C15H20ClFN2O3/c16-13-2-1-3-14(17)12(13)8-15(21)18-9-11(20)10-19-4-6-22-7-5-19/h1-3,11,20H,4-10H2,(H,18,21). The first kappa shape index (κ1) is 17.1. The summed E-state index contributed by atoms with van der Waals surface area (Å²) in [5.41, 5.74) is 0.171. The number of nitrogens with zero attached hydrogens (tertiary/aromatic N) is 1. The maximum atomic E-state index is 13.6. The number of aliphatic hydroxyl groups excluding tert-OH is 1. The Labute approximate surface area is 134 Å². The van der Waals surface area contributed by atoms with Gasteiger partial charge in [0.15, 0.2) is 0 Å². The van der Waals surface area contributed by atoms with Crippen molar-refractivity contribution in [2.24, 2.45) is 0 Å². The van der Waals surface area contributed by atoms with Gasteiger partial charge in [0.05, 0.1) is 25.7 Å². The van der Waals surface area contributed by atoms with Crippen molar-refractivity contribution < 1.29 is 19.0 Å². The molecule has 1 saturated heterocycles. The molecule has 1 heterocycles. The van der Waals surface area contributed by atoms with Gasteiger partial charge in [-0.05, 0) is 12.1 Å². The molecule has 2 rings (SSSR count). The second-order valence-corrected chi connectivity index (χ2v) is 5.66. The average Bonchev–Trinajstić information content (AvgIpc) is 2.50. The molecule has 1 aromatic rings. The predicted octanol–water partition coefficient (Wildman–Crippen LogP) is 0.831. The summed E-state index contributed by atoms with van der Waals surface area (Å²) in [5, 5.41) is 12.8. The second kappa shape index (κ2) is 8.43. The van der Waals surface area contributed by atoms with Gasteiger partial charge >= 0.3 is 0 Å². The van der Waals surface area contributed by atoms with Crippen LogP contribution in [0.4, 0.5) is 4.39 Å². The third-order valence-corrected chi connectivity index (χ3v) is 3.86. The fourth-order valence-corrected chi connectivity index (χ4v) is 2.53. The molecule has 1 fully saturated rings. The topological polar surface area (TPSA) is 61.8 Å². The maximum absolute atomic E-state index is 13.6. The summed E-state index contributed by atoms with van der Waals surface area (Å²) < 4.78 is 18.8. The van der Waals surface area contributed by atoms with Crippen LogP contribution in [-0.2, 0) is 16.0 Å². The fourth-order valence-electron chi connectivity index (χ4n) is 2.30. The molecule has 1 aromatic carbocycles. The third kappa shape index (κ3) is 5.21. The summed E-state index contributed by atoms with van der Waals surface area (Å²) in [5.74, 6) is -0.871. The molecular weight excluding hydrogens is 311 g/mol. The second-order valence-electron chi connectivity index (χ2n) is 5.25. The highest BCUT2D eigenvalue weighted by atomic mass is 35.5. The summed E-state index contributed by atoms with van der Waals surface area (Å²) in [7, 11) is 0. The van der Waals surface area contributed by atoms with E-state index in [9.17, 15) is 14.3 Å². The van der Waals surface area contributed by atoms with Gasteiger partial charge in [-0.15, -0.1) is 0 Å². The lowest BCUT2D eigenvalue weighted by molar-refractivity contribution is -0.121. The number of carbonyl (C=O) groups excluding carboxylic acids is 1. The SMILES string of the molecule is O=C(Cc1c(F)cccc1Cl)NCC(O)CN1CCOCC1. The summed E-state index contributed by atoms with van der Waals surface area (Å²) in [6.07, 6.45) is -0.811. The highest BCUT2D eigenvalue weighted by Crippen LogP contribution is 2.19. The molecule has 1 atom stereocenters. The molecule has 22 heavy (non-hydrogen) atoms. The summed E-state index contributed by atoms with van der Waals surface area (Å²) in [6, 6.07) is 4.30. The van der Waals surface area contributed by atoms with Crippen LogP contribution in [0.1, 0.15) is 5.56 Å². The van der Waals surface area contributed by atoms with Crippen molar-refractivity contribution in [2.75, 3.05) is 39.4 Å². The van der Waals surface area contributed by atoms with E-state index in [4.69, 9.17) is 16.3 Å². The van der Waals surface area contributed by atoms with Crippen molar-refractivity contribution in [2.45, 2.75) is 12.5 Å². The number of nitrogens with one attached hydrogen (secondary N) is 1. The molecule has 0 spiro atoms. The van der Waals surface area contributed by atoms with E-state index < -0.39 is 11.9 Å². The Morgan fingerprint density at radius 3 is 2.86 bits per heavy atom. The molecule has 1 aliphatic heterocycles. The van der Waals surface area contributed by atoms with Crippen LogP contribution >= 0.6 is 11.6 Å². The lowest BCUT2D eigenvalue weighted by Gasteiger charge is -2.28. The van der Waals surface area contributed by atoms with E-state index in [0.29, 0.717) is 19.8 Å². The third-order valence-electron chi connectivity index (χ3n) is 3.51. The van der Waals surface area contributed by atoms with Crippen LogP contribution in [-0.4, -0.2) is 61.4 Å². The molecule has 0 saturated carbocycles. The van der Waals surface area contributed by atoms with E-state index in [1.54, 1.807) is 6.07 Å². The molecule has 0 aliphatic carbocycles. The first-order chi connectivity index (χ1) is 10.6. The van der Waals surface area contributed by atoms with Crippen LogP contribution in [0, 0.1) is 5.82 Å². The molecule has 1 amide bonds. The molecule has 0 aromatic heterocycles. The summed E-state index contributed by atoms with van der Waals surface area (Å²) in [4.78, 5) is 13.9. The Bertz CT molecular complexity index is 489. The quantitative estimate of drug-likeness (QED) is 0.811. The lowest BCUT2D eigenvalue weighted by atomic mass is 10.1. The highest BCUT2D eigenvalue weighted by Gasteiger charge is 2.16. The minimum Gasteiger partial charge on any atom is -0.390 e. The normalized spacial score (nSPS) is 17.2. The van der Waals surface area contributed by atoms with Gasteiger partial charge < -0.3 is 15.2 Å². The van der Waals surface area contributed by atoms with E-state index in [2.05, 4.69) is 10.2 Å². The van der Waals surface area contributed by atoms with E-state index in [-0.39, 0.29) is 29.5 Å². The maximum Gasteiger partial charge on any atom is 0.224 e. The van der Waals surface area contributed by atoms with Crippen molar-refractivity contribution in [3.05, 3.63) is 34.6 Å². The zero-order valence-corrected chi connectivity index (χ0v) is 13.0. The Kier molecular flexibility index (Phi) is 6.57. The van der Waals surface area contributed by atoms with Crippen molar-refractivity contribution in [3.63, 3.8) is 0 Å². The molecular formula is C15H20ClFN2O3. The predicted molar refractivity (Wildman–Crippen MR) is 81.4 cm³/mol. The smallest absolute Gasteiger partial charge is 0.224 e. The number of benzene rings is 1. The summed E-state index contributed by atoms with van der Waals surface area (Å²) >= 11 is 5.88. The first-order valence-corrected chi connectivity index (χ1v) is 7.62. The minimum atomic E-state index is -0.668. The van der Waals surface area contributed by atoms with Crippen LogP contribution in [0.15, 0.2) is 18.2 Å². The number of β-amino-alcohol motifs (C(OH)–C–C–N with tert-alkyl or cyclic N) is 1. The van der Waals surface area contributed by atoms with Crippen LogP contribution in [0.5, 0.6) is 0 Å².